The van der Waals surface area contributed by atoms with Crippen LogP contribution < -0.4 is 14.4 Å². The lowest BCUT2D eigenvalue weighted by Gasteiger charge is -2.24. The van der Waals surface area contributed by atoms with Gasteiger partial charge in [0.25, 0.3) is 5.91 Å². The van der Waals surface area contributed by atoms with Crippen LogP contribution in [0.15, 0.2) is 60.7 Å². The molecular weight excluding hydrogens is 418 g/mol. The van der Waals surface area contributed by atoms with Crippen molar-refractivity contribution in [3.05, 3.63) is 88.5 Å². The molecule has 0 radical (unpaired) electrons. The Hall–Kier alpha value is -3.64. The lowest BCUT2D eigenvalue weighted by Crippen LogP contribution is -2.41. The van der Waals surface area contributed by atoms with E-state index in [0.29, 0.717) is 48.1 Å². The van der Waals surface area contributed by atoms with Crippen LogP contribution in [0.4, 0.5) is 5.69 Å². The molecule has 3 aromatic rings. The fourth-order valence-corrected chi connectivity index (χ4v) is 4.53. The summed E-state index contributed by atoms with van der Waals surface area (Å²) < 4.78 is 11.1. The maximum Gasteiger partial charge on any atom is 0.264 e. The van der Waals surface area contributed by atoms with E-state index in [1.54, 1.807) is 35.2 Å². The van der Waals surface area contributed by atoms with Crippen molar-refractivity contribution in [1.29, 1.82) is 0 Å². The molecule has 0 bridgehead atoms. The molecular formula is C27H25NO5. The van der Waals surface area contributed by atoms with Crippen LogP contribution in [0.5, 0.6) is 11.5 Å². The third-order valence-corrected chi connectivity index (χ3v) is 6.35. The van der Waals surface area contributed by atoms with E-state index in [2.05, 4.69) is 0 Å². The van der Waals surface area contributed by atoms with Gasteiger partial charge < -0.3 is 19.5 Å². The molecule has 0 spiro atoms. The third-order valence-electron chi connectivity index (χ3n) is 6.35. The number of carbonyl (C=O) groups is 2. The van der Waals surface area contributed by atoms with Gasteiger partial charge in [-0.3, -0.25) is 9.59 Å². The Morgan fingerprint density at radius 2 is 1.76 bits per heavy atom. The standard InChI is InChI=1S/C27H25NO5/c1-17-7-8-18(2)20(13-17)16-28-22-6-4-3-5-21(22)27(31,26(28)30)15-23(29)19-9-10-24-25(14-19)33-12-11-32-24/h3-10,13-14,31H,11-12,15-16H2,1-2H3/t27-/m0/s1. The SMILES string of the molecule is Cc1ccc(C)c(CN2C(=O)[C@](O)(CC(=O)c3ccc4c(c3)OCCO4)c3ccccc32)c1. The average molecular weight is 443 g/mol. The molecule has 6 nitrogen and oxygen atoms in total. The van der Waals surface area contributed by atoms with Crippen molar-refractivity contribution in [1.82, 2.24) is 0 Å². The lowest BCUT2D eigenvalue weighted by atomic mass is 9.88. The van der Waals surface area contributed by atoms with Crippen LogP contribution in [0.3, 0.4) is 0 Å². The molecule has 0 saturated carbocycles. The van der Waals surface area contributed by atoms with Crippen molar-refractivity contribution in [3.8, 4) is 11.5 Å². The summed E-state index contributed by atoms with van der Waals surface area (Å²) in [6, 6.07) is 18.2. The zero-order chi connectivity index (χ0) is 23.2. The van der Waals surface area contributed by atoms with Crippen LogP contribution in [0.1, 0.15) is 39.0 Å². The van der Waals surface area contributed by atoms with Crippen molar-refractivity contribution in [2.75, 3.05) is 18.1 Å². The number of ketones is 1. The second-order valence-corrected chi connectivity index (χ2v) is 8.66. The Kier molecular flexibility index (Phi) is 5.17. The fourth-order valence-electron chi connectivity index (χ4n) is 4.53. The first-order valence-corrected chi connectivity index (χ1v) is 11.0. The molecule has 0 fully saturated rings. The van der Waals surface area contributed by atoms with E-state index in [1.807, 2.05) is 44.2 Å². The topological polar surface area (TPSA) is 76.1 Å². The van der Waals surface area contributed by atoms with E-state index in [-0.39, 0.29) is 12.2 Å². The Morgan fingerprint density at radius 3 is 2.58 bits per heavy atom. The smallest absolute Gasteiger partial charge is 0.264 e. The molecule has 6 heteroatoms. The summed E-state index contributed by atoms with van der Waals surface area (Å²) in [7, 11) is 0. The van der Waals surface area contributed by atoms with Gasteiger partial charge >= 0.3 is 0 Å². The highest BCUT2D eigenvalue weighted by atomic mass is 16.6. The van der Waals surface area contributed by atoms with Gasteiger partial charge in [0, 0.05) is 11.1 Å². The largest absolute Gasteiger partial charge is 0.486 e. The number of Topliss-reactive ketones (excluding diaryl/α,β-unsaturated/α-hetero) is 1. The number of aryl methyl sites for hydroxylation is 2. The summed E-state index contributed by atoms with van der Waals surface area (Å²) in [4.78, 5) is 28.3. The molecule has 5 rings (SSSR count). The summed E-state index contributed by atoms with van der Waals surface area (Å²) in [5.41, 5.74) is 2.67. The summed E-state index contributed by atoms with van der Waals surface area (Å²) in [5.74, 6) is 0.244. The molecule has 1 atom stereocenters. The molecule has 0 aromatic heterocycles. The number of hydrogen-bond donors (Lipinski definition) is 1. The Labute approximate surface area is 192 Å². The van der Waals surface area contributed by atoms with E-state index in [0.717, 1.165) is 16.7 Å². The van der Waals surface area contributed by atoms with E-state index in [1.165, 1.54) is 0 Å². The Balaban J connectivity index is 1.46. The highest BCUT2D eigenvalue weighted by Gasteiger charge is 2.50. The maximum atomic E-state index is 13.6. The van der Waals surface area contributed by atoms with Gasteiger partial charge in [0.05, 0.1) is 18.7 Å². The van der Waals surface area contributed by atoms with Crippen LogP contribution in [0, 0.1) is 13.8 Å². The number of benzene rings is 3. The Morgan fingerprint density at radius 1 is 1.00 bits per heavy atom. The number of amides is 1. The molecule has 0 unspecified atom stereocenters. The van der Waals surface area contributed by atoms with Crippen molar-refractivity contribution >= 4 is 17.4 Å². The Bertz CT molecular complexity index is 1270. The second-order valence-electron chi connectivity index (χ2n) is 8.66. The van der Waals surface area contributed by atoms with Gasteiger partial charge in [-0.25, -0.2) is 0 Å². The van der Waals surface area contributed by atoms with Gasteiger partial charge in [0.2, 0.25) is 0 Å². The first kappa shape index (κ1) is 21.2. The molecule has 1 amide bonds. The number of aliphatic hydroxyl groups is 1. The van der Waals surface area contributed by atoms with Gasteiger partial charge in [-0.2, -0.15) is 0 Å². The number of fused-ring (bicyclic) bond motifs is 2. The fraction of sp³-hybridized carbons (Fsp3) is 0.259. The number of para-hydroxylation sites is 1. The van der Waals surface area contributed by atoms with Gasteiger partial charge in [0.15, 0.2) is 22.9 Å². The summed E-state index contributed by atoms with van der Waals surface area (Å²) in [5, 5.41) is 11.6. The van der Waals surface area contributed by atoms with E-state index in [9.17, 15) is 14.7 Å². The highest BCUT2D eigenvalue weighted by Crippen LogP contribution is 2.44. The lowest BCUT2D eigenvalue weighted by molar-refractivity contribution is -0.136. The number of hydrogen-bond acceptors (Lipinski definition) is 5. The van der Waals surface area contributed by atoms with E-state index < -0.39 is 11.5 Å². The minimum absolute atomic E-state index is 0.323. The van der Waals surface area contributed by atoms with Crippen LogP contribution in [-0.2, 0) is 16.9 Å². The monoisotopic (exact) mass is 443 g/mol. The average Bonchev–Trinajstić information content (AvgIpc) is 3.03. The number of nitrogens with zero attached hydrogens (tertiary/aromatic N) is 1. The van der Waals surface area contributed by atoms with E-state index in [4.69, 9.17) is 9.47 Å². The molecule has 2 aliphatic heterocycles. The highest BCUT2D eigenvalue weighted by molar-refractivity contribution is 6.10. The van der Waals surface area contributed by atoms with Gasteiger partial charge in [0.1, 0.15) is 13.2 Å². The van der Waals surface area contributed by atoms with Crippen molar-refractivity contribution in [3.63, 3.8) is 0 Å². The van der Waals surface area contributed by atoms with Crippen molar-refractivity contribution in [2.24, 2.45) is 0 Å². The third kappa shape index (κ3) is 3.66. The maximum absolute atomic E-state index is 13.6. The van der Waals surface area contributed by atoms with Crippen molar-refractivity contribution in [2.45, 2.75) is 32.4 Å². The van der Waals surface area contributed by atoms with Crippen LogP contribution in [0.2, 0.25) is 0 Å². The predicted molar refractivity (Wildman–Crippen MR) is 124 cm³/mol. The molecule has 2 aliphatic rings. The molecule has 0 saturated heterocycles. The van der Waals surface area contributed by atoms with Crippen LogP contribution in [0.25, 0.3) is 0 Å². The number of ether oxygens (including phenoxy) is 2. The first-order valence-electron chi connectivity index (χ1n) is 11.0. The summed E-state index contributed by atoms with van der Waals surface area (Å²) >= 11 is 0. The van der Waals surface area contributed by atoms with E-state index >= 15 is 0 Å². The van der Waals surface area contributed by atoms with Gasteiger partial charge in [-0.1, -0.05) is 42.0 Å². The summed E-state index contributed by atoms with van der Waals surface area (Å²) in [6.07, 6.45) is -0.355. The molecule has 1 N–H and O–H groups in total. The predicted octanol–water partition coefficient (Wildman–Crippen LogP) is 4.08. The minimum Gasteiger partial charge on any atom is -0.486 e. The zero-order valence-electron chi connectivity index (χ0n) is 18.6. The normalized spacial score (nSPS) is 18.9. The first-order chi connectivity index (χ1) is 15.9. The number of anilines is 1. The molecule has 168 valence electrons. The van der Waals surface area contributed by atoms with Crippen LogP contribution >= 0.6 is 0 Å². The van der Waals surface area contributed by atoms with Gasteiger partial charge in [-0.15, -0.1) is 0 Å². The minimum atomic E-state index is -1.93. The van der Waals surface area contributed by atoms with Crippen LogP contribution in [-0.4, -0.2) is 30.0 Å². The number of carbonyl (C=O) groups excluding carboxylic acids is 2. The molecule has 0 aliphatic carbocycles. The second kappa shape index (κ2) is 8.05. The van der Waals surface area contributed by atoms with Crippen molar-refractivity contribution < 1.29 is 24.2 Å². The molecule has 2 heterocycles. The quantitative estimate of drug-likeness (QED) is 0.602. The van der Waals surface area contributed by atoms with Gasteiger partial charge in [-0.05, 0) is 49.2 Å². The zero-order valence-corrected chi connectivity index (χ0v) is 18.6. The molecule has 3 aromatic carbocycles. The molecule has 33 heavy (non-hydrogen) atoms. The number of rotatable bonds is 5. The summed E-state index contributed by atoms with van der Waals surface area (Å²) in [6.45, 7) is 5.20.